The molecule has 142 valence electrons. The largest absolute Gasteiger partial charge is 0.497 e. The van der Waals surface area contributed by atoms with E-state index < -0.39 is 5.54 Å². The number of urea groups is 1. The second-order valence-corrected chi connectivity index (χ2v) is 7.57. The van der Waals surface area contributed by atoms with Crippen LogP contribution in [0.1, 0.15) is 23.7 Å². The first-order valence-corrected chi connectivity index (χ1v) is 9.37. The quantitative estimate of drug-likeness (QED) is 0.694. The first-order valence-electron chi connectivity index (χ1n) is 9.37. The molecule has 6 heteroatoms. The molecule has 0 spiro atoms. The van der Waals surface area contributed by atoms with Gasteiger partial charge in [-0.15, -0.1) is 0 Å². The maximum Gasteiger partial charge on any atom is 0.332 e. The van der Waals surface area contributed by atoms with E-state index in [0.717, 1.165) is 33.5 Å². The van der Waals surface area contributed by atoms with E-state index >= 15 is 0 Å². The van der Waals surface area contributed by atoms with Crippen molar-refractivity contribution in [1.29, 1.82) is 0 Å². The van der Waals surface area contributed by atoms with E-state index in [2.05, 4.69) is 4.98 Å². The summed E-state index contributed by atoms with van der Waals surface area (Å²) in [7, 11) is 1.64. The zero-order valence-electron chi connectivity index (χ0n) is 16.1. The smallest absolute Gasteiger partial charge is 0.332 e. The fourth-order valence-electron chi connectivity index (χ4n) is 4.57. The number of imide groups is 1. The van der Waals surface area contributed by atoms with Gasteiger partial charge in [0.15, 0.2) is 5.54 Å². The van der Waals surface area contributed by atoms with Crippen LogP contribution in [0.5, 0.6) is 5.75 Å². The summed E-state index contributed by atoms with van der Waals surface area (Å²) in [6.07, 6.45) is 0.693. The Morgan fingerprint density at radius 3 is 2.68 bits per heavy atom. The number of carbonyl (C=O) groups excluding carboxylic acids is 2. The number of aromatic amines is 1. The monoisotopic (exact) mass is 375 g/mol. The van der Waals surface area contributed by atoms with Gasteiger partial charge in [-0.2, -0.15) is 0 Å². The van der Waals surface area contributed by atoms with Crippen molar-refractivity contribution >= 4 is 28.5 Å². The van der Waals surface area contributed by atoms with Gasteiger partial charge in [0.1, 0.15) is 5.75 Å². The molecule has 1 saturated heterocycles. The minimum absolute atomic E-state index is 0.216. The predicted octanol–water partition coefficient (Wildman–Crippen LogP) is 3.73. The van der Waals surface area contributed by atoms with Gasteiger partial charge in [-0.05, 0) is 55.7 Å². The van der Waals surface area contributed by atoms with Crippen LogP contribution in [0.2, 0.25) is 0 Å². The van der Waals surface area contributed by atoms with E-state index in [1.807, 2.05) is 56.3 Å². The summed E-state index contributed by atoms with van der Waals surface area (Å²) >= 11 is 0. The highest BCUT2D eigenvalue weighted by Gasteiger charge is 2.59. The van der Waals surface area contributed by atoms with Crippen LogP contribution < -0.4 is 9.64 Å². The highest BCUT2D eigenvalue weighted by atomic mass is 16.5. The number of benzene rings is 2. The van der Waals surface area contributed by atoms with Gasteiger partial charge in [-0.1, -0.05) is 18.2 Å². The first kappa shape index (κ1) is 16.9. The number of fused-ring (bicyclic) bond motifs is 5. The lowest BCUT2D eigenvalue weighted by Crippen LogP contribution is -2.49. The lowest BCUT2D eigenvalue weighted by molar-refractivity contribution is -0.125. The number of aromatic nitrogens is 1. The number of rotatable bonds is 2. The molecule has 1 atom stereocenters. The number of hydrogen-bond donors (Lipinski definition) is 1. The maximum absolute atomic E-state index is 13.6. The molecule has 0 saturated carbocycles. The number of carbonyl (C=O) groups is 2. The molecule has 5 rings (SSSR count). The molecule has 3 amide bonds. The summed E-state index contributed by atoms with van der Waals surface area (Å²) in [4.78, 5) is 33.3. The van der Waals surface area contributed by atoms with Gasteiger partial charge >= 0.3 is 6.03 Å². The van der Waals surface area contributed by atoms with Gasteiger partial charge in [0.2, 0.25) is 0 Å². The number of ether oxygens (including phenoxy) is 1. The van der Waals surface area contributed by atoms with Crippen LogP contribution in [0.15, 0.2) is 42.5 Å². The van der Waals surface area contributed by atoms with Crippen LogP contribution in [-0.2, 0) is 16.8 Å². The van der Waals surface area contributed by atoms with Crippen molar-refractivity contribution in [3.05, 3.63) is 59.3 Å². The molecule has 3 aromatic rings. The minimum atomic E-state index is -1.04. The van der Waals surface area contributed by atoms with E-state index in [-0.39, 0.29) is 11.9 Å². The summed E-state index contributed by atoms with van der Waals surface area (Å²) in [6.45, 7) is 4.26. The van der Waals surface area contributed by atoms with Gasteiger partial charge in [0.05, 0.1) is 18.5 Å². The van der Waals surface area contributed by atoms with Crippen molar-refractivity contribution in [2.45, 2.75) is 25.8 Å². The summed E-state index contributed by atoms with van der Waals surface area (Å²) in [5.74, 6) is 0.559. The van der Waals surface area contributed by atoms with Gasteiger partial charge in [0, 0.05) is 17.4 Å². The third-order valence-corrected chi connectivity index (χ3v) is 6.12. The number of hydrogen-bond acceptors (Lipinski definition) is 3. The number of H-pyrrole nitrogens is 1. The van der Waals surface area contributed by atoms with Crippen molar-refractivity contribution in [3.63, 3.8) is 0 Å². The average Bonchev–Trinajstić information content (AvgIpc) is 3.16. The maximum atomic E-state index is 13.6. The zero-order chi connectivity index (χ0) is 19.6. The molecule has 2 aliphatic heterocycles. The molecule has 6 nitrogen and oxygen atoms in total. The highest BCUT2D eigenvalue weighted by molar-refractivity contribution is 6.24. The second-order valence-electron chi connectivity index (χ2n) is 7.57. The van der Waals surface area contributed by atoms with Gasteiger partial charge < -0.3 is 14.6 Å². The van der Waals surface area contributed by atoms with Crippen LogP contribution in [-0.4, -0.2) is 35.5 Å². The molecule has 0 radical (unpaired) electrons. The van der Waals surface area contributed by atoms with Crippen molar-refractivity contribution in [2.75, 3.05) is 18.6 Å². The topological polar surface area (TPSA) is 65.6 Å². The number of anilines is 1. The van der Waals surface area contributed by atoms with Crippen molar-refractivity contribution < 1.29 is 14.3 Å². The fourth-order valence-corrected chi connectivity index (χ4v) is 4.57. The van der Waals surface area contributed by atoms with Crippen LogP contribution in [0.25, 0.3) is 10.9 Å². The van der Waals surface area contributed by atoms with Gasteiger partial charge in [-0.3, -0.25) is 4.79 Å². The predicted molar refractivity (Wildman–Crippen MR) is 107 cm³/mol. The van der Waals surface area contributed by atoms with Crippen molar-refractivity contribution in [3.8, 4) is 5.75 Å². The van der Waals surface area contributed by atoms with Gasteiger partial charge in [-0.25, -0.2) is 9.69 Å². The van der Waals surface area contributed by atoms with E-state index in [1.165, 1.54) is 4.90 Å². The molecule has 3 heterocycles. The Bertz CT molecular complexity index is 1150. The third-order valence-electron chi connectivity index (χ3n) is 6.12. The lowest BCUT2D eigenvalue weighted by Gasteiger charge is -2.35. The average molecular weight is 375 g/mol. The van der Waals surface area contributed by atoms with E-state index in [0.29, 0.717) is 18.7 Å². The van der Waals surface area contributed by atoms with Gasteiger partial charge in [0.25, 0.3) is 5.91 Å². The van der Waals surface area contributed by atoms with E-state index in [1.54, 1.807) is 12.0 Å². The second kappa shape index (κ2) is 5.61. The number of nitrogens with zero attached hydrogens (tertiary/aromatic N) is 2. The number of methoxy groups -OCH3 is 1. The molecule has 1 fully saturated rings. The molecule has 1 N–H and O–H groups in total. The molecule has 2 aromatic carbocycles. The van der Waals surface area contributed by atoms with Crippen molar-refractivity contribution in [2.24, 2.45) is 0 Å². The molecular formula is C22H21N3O3. The lowest BCUT2D eigenvalue weighted by atomic mass is 9.87. The summed E-state index contributed by atoms with van der Waals surface area (Å²) in [5, 5.41) is 1.05. The number of para-hydroxylation sites is 1. The Labute approximate surface area is 162 Å². The summed E-state index contributed by atoms with van der Waals surface area (Å²) in [6, 6.07) is 13.1. The van der Waals surface area contributed by atoms with E-state index in [9.17, 15) is 9.59 Å². The molecule has 0 unspecified atom stereocenters. The SMILES string of the molecule is COc1ccc2[nH]c3c(c2c1)CCN1C(=O)N(c2ccccc2C)C(=O)[C@]31C. The number of nitrogens with one attached hydrogen (secondary N) is 1. The molecule has 1 aromatic heterocycles. The van der Waals surface area contributed by atoms with Crippen LogP contribution in [0, 0.1) is 6.92 Å². The minimum Gasteiger partial charge on any atom is -0.497 e. The van der Waals surface area contributed by atoms with Crippen molar-refractivity contribution in [1.82, 2.24) is 9.88 Å². The van der Waals surface area contributed by atoms with Crippen LogP contribution >= 0.6 is 0 Å². The van der Waals surface area contributed by atoms with Crippen LogP contribution in [0.4, 0.5) is 10.5 Å². The fraction of sp³-hybridized carbons (Fsp3) is 0.273. The Morgan fingerprint density at radius 1 is 1.14 bits per heavy atom. The Balaban J connectivity index is 1.70. The number of amides is 3. The molecule has 0 bridgehead atoms. The summed E-state index contributed by atoms with van der Waals surface area (Å²) in [5.41, 5.74) is 3.33. The Morgan fingerprint density at radius 2 is 1.93 bits per heavy atom. The molecular weight excluding hydrogens is 354 g/mol. The Hall–Kier alpha value is -3.28. The molecule has 28 heavy (non-hydrogen) atoms. The van der Waals surface area contributed by atoms with E-state index in [4.69, 9.17) is 4.74 Å². The van der Waals surface area contributed by atoms with Crippen LogP contribution in [0.3, 0.4) is 0 Å². The third kappa shape index (κ3) is 1.97. The Kier molecular flexibility index (Phi) is 3.38. The first-order chi connectivity index (χ1) is 13.5. The zero-order valence-corrected chi connectivity index (χ0v) is 16.1. The normalized spacial score (nSPS) is 21.2. The highest BCUT2D eigenvalue weighted by Crippen LogP contribution is 2.45. The standard InChI is InChI=1S/C22H21N3O3/c1-13-6-4-5-7-18(13)25-20(26)22(2)19-15(10-11-24(22)21(25)27)16-12-14(28-3)8-9-17(16)23-19/h4-9,12,23H,10-11H2,1-3H3/t22-/m0/s1. The molecule has 2 aliphatic rings. The summed E-state index contributed by atoms with van der Waals surface area (Å²) < 4.78 is 5.37. The number of aryl methyl sites for hydroxylation is 1. The molecule has 0 aliphatic carbocycles.